The fourth-order valence-corrected chi connectivity index (χ4v) is 1.70. The van der Waals surface area contributed by atoms with Crippen LogP contribution in [0.25, 0.3) is 0 Å². The predicted molar refractivity (Wildman–Crippen MR) is 57.2 cm³/mol. The van der Waals surface area contributed by atoms with Crippen LogP contribution in [0.15, 0.2) is 0 Å². The van der Waals surface area contributed by atoms with Crippen LogP contribution in [0, 0.1) is 5.92 Å². The molecule has 14 heavy (non-hydrogen) atoms. The van der Waals surface area contributed by atoms with Crippen LogP contribution in [-0.4, -0.2) is 51.1 Å². The van der Waals surface area contributed by atoms with Crippen molar-refractivity contribution in [2.75, 3.05) is 40.3 Å². The standard InChI is InChI=1S/C10H21N3O/c1-11-5-6-13(2)10(14)7-9-3-4-12-8-9/h9,11-12H,3-8H2,1-2H3. The molecule has 1 rings (SSSR count). The van der Waals surface area contributed by atoms with Crippen molar-refractivity contribution >= 4 is 5.91 Å². The second-order valence-electron chi connectivity index (χ2n) is 3.98. The Kier molecular flexibility index (Phi) is 4.90. The van der Waals surface area contributed by atoms with Gasteiger partial charge < -0.3 is 15.5 Å². The Balaban J connectivity index is 2.18. The van der Waals surface area contributed by atoms with Crippen molar-refractivity contribution in [3.8, 4) is 0 Å². The van der Waals surface area contributed by atoms with Crippen molar-refractivity contribution in [3.05, 3.63) is 0 Å². The molecule has 4 nitrogen and oxygen atoms in total. The molecule has 4 heteroatoms. The number of likely N-dealkylation sites (N-methyl/N-ethyl adjacent to an activating group) is 2. The molecule has 1 aliphatic heterocycles. The molecular formula is C10H21N3O. The summed E-state index contributed by atoms with van der Waals surface area (Å²) < 4.78 is 0. The summed E-state index contributed by atoms with van der Waals surface area (Å²) in [7, 11) is 3.78. The zero-order valence-electron chi connectivity index (χ0n) is 9.18. The average molecular weight is 199 g/mol. The molecule has 0 bridgehead atoms. The van der Waals surface area contributed by atoms with Gasteiger partial charge in [-0.3, -0.25) is 4.79 Å². The number of hydrogen-bond donors (Lipinski definition) is 2. The number of hydrogen-bond acceptors (Lipinski definition) is 3. The van der Waals surface area contributed by atoms with E-state index >= 15 is 0 Å². The van der Waals surface area contributed by atoms with E-state index in [2.05, 4.69) is 10.6 Å². The molecule has 1 amide bonds. The van der Waals surface area contributed by atoms with Crippen LogP contribution < -0.4 is 10.6 Å². The first-order chi connectivity index (χ1) is 6.74. The molecule has 0 spiro atoms. The van der Waals surface area contributed by atoms with E-state index in [1.165, 1.54) is 0 Å². The summed E-state index contributed by atoms with van der Waals surface area (Å²) >= 11 is 0. The molecule has 0 radical (unpaired) electrons. The highest BCUT2D eigenvalue weighted by molar-refractivity contribution is 5.76. The zero-order valence-corrected chi connectivity index (χ0v) is 9.18. The number of rotatable bonds is 5. The Morgan fingerprint density at radius 1 is 1.64 bits per heavy atom. The smallest absolute Gasteiger partial charge is 0.222 e. The summed E-state index contributed by atoms with van der Waals surface area (Å²) in [6.45, 7) is 3.74. The lowest BCUT2D eigenvalue weighted by molar-refractivity contribution is -0.130. The van der Waals surface area contributed by atoms with Crippen LogP contribution >= 0.6 is 0 Å². The molecule has 2 N–H and O–H groups in total. The maximum Gasteiger partial charge on any atom is 0.222 e. The van der Waals surface area contributed by atoms with Crippen LogP contribution in [0.1, 0.15) is 12.8 Å². The summed E-state index contributed by atoms with van der Waals surface area (Å²) in [4.78, 5) is 13.5. The van der Waals surface area contributed by atoms with E-state index in [0.717, 1.165) is 32.6 Å². The lowest BCUT2D eigenvalue weighted by atomic mass is 10.0. The Hall–Kier alpha value is -0.610. The van der Waals surface area contributed by atoms with E-state index < -0.39 is 0 Å². The SMILES string of the molecule is CNCCN(C)C(=O)CC1CCNC1. The highest BCUT2D eigenvalue weighted by Gasteiger charge is 2.19. The van der Waals surface area contributed by atoms with Crippen molar-refractivity contribution in [2.24, 2.45) is 5.92 Å². The van der Waals surface area contributed by atoms with E-state index in [9.17, 15) is 4.79 Å². The molecule has 0 aromatic heterocycles. The Morgan fingerprint density at radius 3 is 3.00 bits per heavy atom. The Bertz CT molecular complexity index is 178. The van der Waals surface area contributed by atoms with Crippen molar-refractivity contribution < 1.29 is 4.79 Å². The molecule has 1 aliphatic rings. The van der Waals surface area contributed by atoms with Crippen molar-refractivity contribution in [3.63, 3.8) is 0 Å². The van der Waals surface area contributed by atoms with Gasteiger partial charge in [0.1, 0.15) is 0 Å². The van der Waals surface area contributed by atoms with E-state index in [4.69, 9.17) is 0 Å². The zero-order chi connectivity index (χ0) is 10.4. The van der Waals surface area contributed by atoms with E-state index in [0.29, 0.717) is 12.3 Å². The normalized spacial score (nSPS) is 21.1. The number of amides is 1. The van der Waals surface area contributed by atoms with Gasteiger partial charge in [-0.1, -0.05) is 0 Å². The fourth-order valence-electron chi connectivity index (χ4n) is 1.70. The molecule has 1 heterocycles. The number of carbonyl (C=O) groups excluding carboxylic acids is 1. The van der Waals surface area contributed by atoms with Gasteiger partial charge in [-0.05, 0) is 32.5 Å². The molecule has 0 aromatic rings. The van der Waals surface area contributed by atoms with Gasteiger partial charge in [-0.15, -0.1) is 0 Å². The number of carbonyl (C=O) groups is 1. The second-order valence-corrected chi connectivity index (χ2v) is 3.98. The van der Waals surface area contributed by atoms with E-state index in [-0.39, 0.29) is 5.91 Å². The number of nitrogens with zero attached hydrogens (tertiary/aromatic N) is 1. The first-order valence-electron chi connectivity index (χ1n) is 5.33. The maximum absolute atomic E-state index is 11.7. The van der Waals surface area contributed by atoms with Crippen molar-refractivity contribution in [2.45, 2.75) is 12.8 Å². The van der Waals surface area contributed by atoms with Gasteiger partial charge in [0.15, 0.2) is 0 Å². The Labute approximate surface area is 86.0 Å². The third-order valence-electron chi connectivity index (χ3n) is 2.75. The number of nitrogens with one attached hydrogen (secondary N) is 2. The maximum atomic E-state index is 11.7. The third kappa shape index (κ3) is 3.64. The average Bonchev–Trinajstić information content (AvgIpc) is 2.66. The first-order valence-corrected chi connectivity index (χ1v) is 5.33. The topological polar surface area (TPSA) is 44.4 Å². The van der Waals surface area contributed by atoms with Gasteiger partial charge >= 0.3 is 0 Å². The molecule has 82 valence electrons. The van der Waals surface area contributed by atoms with Crippen molar-refractivity contribution in [1.82, 2.24) is 15.5 Å². The minimum atomic E-state index is 0.272. The molecule has 1 atom stereocenters. The minimum absolute atomic E-state index is 0.272. The molecule has 0 saturated carbocycles. The van der Waals surface area contributed by atoms with E-state index in [1.807, 2.05) is 19.0 Å². The molecule has 0 aromatic carbocycles. The molecule has 1 saturated heterocycles. The van der Waals surface area contributed by atoms with Crippen LogP contribution in [0.5, 0.6) is 0 Å². The monoisotopic (exact) mass is 199 g/mol. The fraction of sp³-hybridized carbons (Fsp3) is 0.900. The quantitative estimate of drug-likeness (QED) is 0.637. The van der Waals surface area contributed by atoms with Gasteiger partial charge in [-0.25, -0.2) is 0 Å². The van der Waals surface area contributed by atoms with Gasteiger partial charge in [0.2, 0.25) is 5.91 Å². The van der Waals surface area contributed by atoms with Crippen LogP contribution in [0.4, 0.5) is 0 Å². The summed E-state index contributed by atoms with van der Waals surface area (Å²) in [6.07, 6.45) is 1.85. The van der Waals surface area contributed by atoms with Crippen LogP contribution in [-0.2, 0) is 4.79 Å². The predicted octanol–water partition coefficient (Wildman–Crippen LogP) is -0.336. The molecule has 1 fully saturated rings. The molecule has 0 aliphatic carbocycles. The van der Waals surface area contributed by atoms with Gasteiger partial charge in [0.05, 0.1) is 0 Å². The van der Waals surface area contributed by atoms with Crippen LogP contribution in [0.3, 0.4) is 0 Å². The highest BCUT2D eigenvalue weighted by Crippen LogP contribution is 2.12. The lowest BCUT2D eigenvalue weighted by Gasteiger charge is -2.18. The third-order valence-corrected chi connectivity index (χ3v) is 2.75. The summed E-state index contributed by atoms with van der Waals surface area (Å²) in [5.41, 5.74) is 0. The lowest BCUT2D eigenvalue weighted by Crippen LogP contribution is -2.34. The highest BCUT2D eigenvalue weighted by atomic mass is 16.2. The summed E-state index contributed by atoms with van der Waals surface area (Å²) in [6, 6.07) is 0. The molecule has 1 unspecified atom stereocenters. The van der Waals surface area contributed by atoms with E-state index in [1.54, 1.807) is 0 Å². The Morgan fingerprint density at radius 2 is 2.43 bits per heavy atom. The van der Waals surface area contributed by atoms with Crippen molar-refractivity contribution in [1.29, 1.82) is 0 Å². The van der Waals surface area contributed by atoms with Gasteiger partial charge in [0.25, 0.3) is 0 Å². The first kappa shape index (κ1) is 11.5. The van der Waals surface area contributed by atoms with Crippen LogP contribution in [0.2, 0.25) is 0 Å². The minimum Gasteiger partial charge on any atom is -0.344 e. The summed E-state index contributed by atoms with van der Waals surface area (Å²) in [5.74, 6) is 0.827. The summed E-state index contributed by atoms with van der Waals surface area (Å²) in [5, 5.41) is 6.32. The molecular weight excluding hydrogens is 178 g/mol. The van der Waals surface area contributed by atoms with Gasteiger partial charge in [0, 0.05) is 26.6 Å². The second kappa shape index (κ2) is 5.98. The largest absolute Gasteiger partial charge is 0.344 e. The van der Waals surface area contributed by atoms with Gasteiger partial charge in [-0.2, -0.15) is 0 Å².